The highest BCUT2D eigenvalue weighted by molar-refractivity contribution is 5.97. The van der Waals surface area contributed by atoms with E-state index in [1.165, 1.54) is 0 Å². The molecule has 1 atom stereocenters. The van der Waals surface area contributed by atoms with Crippen molar-refractivity contribution in [3.05, 3.63) is 36.0 Å². The molecular formula is C20H26N4O3. The summed E-state index contributed by atoms with van der Waals surface area (Å²) in [5.74, 6) is 0.558. The van der Waals surface area contributed by atoms with E-state index in [1.807, 2.05) is 24.3 Å². The molecule has 3 rings (SSSR count). The molecule has 1 aliphatic heterocycles. The predicted molar refractivity (Wildman–Crippen MR) is 103 cm³/mol. The van der Waals surface area contributed by atoms with E-state index in [9.17, 15) is 9.59 Å². The number of aromatic amines is 1. The predicted octanol–water partition coefficient (Wildman–Crippen LogP) is 2.56. The highest BCUT2D eigenvalue weighted by atomic mass is 16.5. The SMILES string of the molecule is CCCCC1C(=O)N(C)CCN1C(=O)c1cc(-c2cccc(OC)c2)n[nH]1. The van der Waals surface area contributed by atoms with Crippen LogP contribution in [0, 0.1) is 0 Å². The number of ether oxygens (including phenoxy) is 1. The molecule has 1 unspecified atom stereocenters. The highest BCUT2D eigenvalue weighted by Crippen LogP contribution is 2.24. The van der Waals surface area contributed by atoms with Crippen LogP contribution in [0.15, 0.2) is 30.3 Å². The number of hydrogen-bond donors (Lipinski definition) is 1. The number of carbonyl (C=O) groups is 2. The zero-order valence-electron chi connectivity index (χ0n) is 16.1. The first-order valence-electron chi connectivity index (χ1n) is 9.31. The molecule has 2 heterocycles. The van der Waals surface area contributed by atoms with Crippen LogP contribution in [0.25, 0.3) is 11.3 Å². The van der Waals surface area contributed by atoms with E-state index >= 15 is 0 Å². The number of likely N-dealkylation sites (N-methyl/N-ethyl adjacent to an activating group) is 1. The largest absolute Gasteiger partial charge is 0.497 e. The number of carbonyl (C=O) groups excluding carboxylic acids is 2. The van der Waals surface area contributed by atoms with Crippen molar-refractivity contribution in [1.29, 1.82) is 0 Å². The van der Waals surface area contributed by atoms with Crippen LogP contribution in [-0.2, 0) is 4.79 Å². The molecule has 1 fully saturated rings. The number of aromatic nitrogens is 2. The third-order valence-electron chi connectivity index (χ3n) is 4.98. The van der Waals surface area contributed by atoms with Crippen molar-refractivity contribution in [1.82, 2.24) is 20.0 Å². The monoisotopic (exact) mass is 370 g/mol. The Morgan fingerprint density at radius 1 is 1.33 bits per heavy atom. The zero-order valence-corrected chi connectivity index (χ0v) is 16.1. The standard InChI is InChI=1S/C20H26N4O3/c1-4-5-9-18-20(26)23(2)10-11-24(18)19(25)17-13-16(21-22-17)14-7-6-8-15(12-14)27-3/h6-8,12-13,18H,4-5,9-11H2,1-3H3,(H,21,22). The average molecular weight is 370 g/mol. The fourth-order valence-corrected chi connectivity index (χ4v) is 3.35. The van der Waals surface area contributed by atoms with Crippen molar-refractivity contribution in [2.75, 3.05) is 27.2 Å². The number of unbranched alkanes of at least 4 members (excludes halogenated alkanes) is 1. The number of nitrogens with zero attached hydrogens (tertiary/aromatic N) is 3. The number of nitrogens with one attached hydrogen (secondary N) is 1. The summed E-state index contributed by atoms with van der Waals surface area (Å²) in [5, 5.41) is 7.11. The lowest BCUT2D eigenvalue weighted by molar-refractivity contribution is -0.138. The lowest BCUT2D eigenvalue weighted by Gasteiger charge is -2.39. The number of methoxy groups -OCH3 is 1. The minimum atomic E-state index is -0.403. The summed E-state index contributed by atoms with van der Waals surface area (Å²) in [6, 6.07) is 8.85. The average Bonchev–Trinajstić information content (AvgIpc) is 3.19. The minimum absolute atomic E-state index is 0.00980. The molecule has 2 aromatic rings. The maximum atomic E-state index is 13.1. The van der Waals surface area contributed by atoms with Crippen LogP contribution in [0.2, 0.25) is 0 Å². The van der Waals surface area contributed by atoms with E-state index < -0.39 is 6.04 Å². The third-order valence-corrected chi connectivity index (χ3v) is 4.98. The molecule has 0 saturated carbocycles. The Morgan fingerprint density at radius 2 is 2.15 bits per heavy atom. The van der Waals surface area contributed by atoms with Crippen molar-refractivity contribution in [2.45, 2.75) is 32.2 Å². The molecule has 144 valence electrons. The maximum Gasteiger partial charge on any atom is 0.272 e. The van der Waals surface area contributed by atoms with Crippen molar-refractivity contribution in [2.24, 2.45) is 0 Å². The first kappa shape index (κ1) is 18.9. The van der Waals surface area contributed by atoms with Gasteiger partial charge in [0.2, 0.25) is 5.91 Å². The van der Waals surface area contributed by atoms with Crippen LogP contribution in [-0.4, -0.2) is 65.1 Å². The van der Waals surface area contributed by atoms with Gasteiger partial charge in [-0.3, -0.25) is 14.7 Å². The molecule has 1 N–H and O–H groups in total. The topological polar surface area (TPSA) is 78.5 Å². The van der Waals surface area contributed by atoms with Gasteiger partial charge in [-0.15, -0.1) is 0 Å². The van der Waals surface area contributed by atoms with Crippen molar-refractivity contribution in [3.63, 3.8) is 0 Å². The number of amides is 2. The Labute approximate surface area is 159 Å². The van der Waals surface area contributed by atoms with E-state index in [4.69, 9.17) is 4.74 Å². The van der Waals surface area contributed by atoms with Gasteiger partial charge < -0.3 is 14.5 Å². The lowest BCUT2D eigenvalue weighted by Crippen LogP contribution is -2.57. The number of hydrogen-bond acceptors (Lipinski definition) is 4. The Hall–Kier alpha value is -2.83. The van der Waals surface area contributed by atoms with Crippen LogP contribution in [0.5, 0.6) is 5.75 Å². The number of benzene rings is 1. The molecule has 0 spiro atoms. The van der Waals surface area contributed by atoms with Gasteiger partial charge in [0.25, 0.3) is 5.91 Å². The van der Waals surface area contributed by atoms with E-state index in [0.29, 0.717) is 30.9 Å². The van der Waals surface area contributed by atoms with E-state index in [2.05, 4.69) is 17.1 Å². The molecular weight excluding hydrogens is 344 g/mol. The molecule has 7 heteroatoms. The number of piperazine rings is 1. The van der Waals surface area contributed by atoms with Gasteiger partial charge in [0, 0.05) is 25.7 Å². The first-order valence-corrected chi connectivity index (χ1v) is 9.31. The molecule has 1 aromatic carbocycles. The summed E-state index contributed by atoms with van der Waals surface area (Å²) in [6.45, 7) is 3.16. The van der Waals surface area contributed by atoms with Crippen LogP contribution in [0.4, 0.5) is 0 Å². The summed E-state index contributed by atoms with van der Waals surface area (Å²) >= 11 is 0. The summed E-state index contributed by atoms with van der Waals surface area (Å²) < 4.78 is 5.24. The molecule has 0 radical (unpaired) electrons. The lowest BCUT2D eigenvalue weighted by atomic mass is 10.0. The van der Waals surface area contributed by atoms with E-state index in [0.717, 1.165) is 24.2 Å². The van der Waals surface area contributed by atoms with Crippen LogP contribution >= 0.6 is 0 Å². The van der Waals surface area contributed by atoms with Gasteiger partial charge in [0.15, 0.2) is 0 Å². The molecule has 2 amide bonds. The molecule has 0 bridgehead atoms. The fraction of sp³-hybridized carbons (Fsp3) is 0.450. The van der Waals surface area contributed by atoms with Crippen LogP contribution < -0.4 is 4.74 Å². The van der Waals surface area contributed by atoms with Crippen molar-refractivity contribution >= 4 is 11.8 Å². The summed E-state index contributed by atoms with van der Waals surface area (Å²) in [5.41, 5.74) is 1.93. The van der Waals surface area contributed by atoms with Gasteiger partial charge in [0.05, 0.1) is 12.8 Å². The van der Waals surface area contributed by atoms with Crippen molar-refractivity contribution in [3.8, 4) is 17.0 Å². The second-order valence-electron chi connectivity index (χ2n) is 6.82. The molecule has 1 saturated heterocycles. The summed E-state index contributed by atoms with van der Waals surface area (Å²) in [6.07, 6.45) is 2.58. The Balaban J connectivity index is 1.82. The third kappa shape index (κ3) is 3.97. The second kappa shape index (κ2) is 8.24. The second-order valence-corrected chi connectivity index (χ2v) is 6.82. The molecule has 27 heavy (non-hydrogen) atoms. The Bertz CT molecular complexity index is 817. The van der Waals surface area contributed by atoms with Gasteiger partial charge in [-0.25, -0.2) is 0 Å². The van der Waals surface area contributed by atoms with Gasteiger partial charge in [-0.2, -0.15) is 5.10 Å². The fourth-order valence-electron chi connectivity index (χ4n) is 3.35. The van der Waals surface area contributed by atoms with Gasteiger partial charge in [-0.1, -0.05) is 31.9 Å². The summed E-state index contributed by atoms with van der Waals surface area (Å²) in [7, 11) is 3.40. The Morgan fingerprint density at radius 3 is 2.89 bits per heavy atom. The highest BCUT2D eigenvalue weighted by Gasteiger charge is 2.36. The quantitative estimate of drug-likeness (QED) is 0.848. The van der Waals surface area contributed by atoms with Crippen LogP contribution in [0.3, 0.4) is 0 Å². The van der Waals surface area contributed by atoms with Crippen LogP contribution in [0.1, 0.15) is 36.7 Å². The van der Waals surface area contributed by atoms with Gasteiger partial charge in [0.1, 0.15) is 17.5 Å². The summed E-state index contributed by atoms with van der Waals surface area (Å²) in [4.78, 5) is 29.0. The smallest absolute Gasteiger partial charge is 0.272 e. The van der Waals surface area contributed by atoms with E-state index in [1.54, 1.807) is 30.0 Å². The zero-order chi connectivity index (χ0) is 19.4. The first-order chi connectivity index (χ1) is 13.0. The van der Waals surface area contributed by atoms with Gasteiger partial charge >= 0.3 is 0 Å². The molecule has 7 nitrogen and oxygen atoms in total. The maximum absolute atomic E-state index is 13.1. The normalized spacial score (nSPS) is 17.3. The number of H-pyrrole nitrogens is 1. The van der Waals surface area contributed by atoms with Crippen molar-refractivity contribution < 1.29 is 14.3 Å². The molecule has 0 aliphatic carbocycles. The number of rotatable bonds is 6. The minimum Gasteiger partial charge on any atom is -0.497 e. The molecule has 1 aromatic heterocycles. The Kier molecular flexibility index (Phi) is 5.78. The van der Waals surface area contributed by atoms with E-state index in [-0.39, 0.29) is 11.8 Å². The molecule has 1 aliphatic rings. The van der Waals surface area contributed by atoms with Gasteiger partial charge in [-0.05, 0) is 24.6 Å².